The molecule has 0 radical (unpaired) electrons. The van der Waals surface area contributed by atoms with Crippen LogP contribution in [-0.2, 0) is 20.8 Å². The molecule has 7 nitrogen and oxygen atoms in total. The first kappa shape index (κ1) is 26.6. The molecule has 204 valence electrons. The Hall–Kier alpha value is -2.95. The van der Waals surface area contributed by atoms with Gasteiger partial charge in [-0.3, -0.25) is 14.4 Å². The summed E-state index contributed by atoms with van der Waals surface area (Å²) in [6.07, 6.45) is 0.266. The number of hydrogen-bond acceptors (Lipinski definition) is 6. The average molecular weight is 550 g/mol. The number of aromatic nitrogens is 1. The van der Waals surface area contributed by atoms with Gasteiger partial charge < -0.3 is 15.7 Å². The van der Waals surface area contributed by atoms with Gasteiger partial charge in [0.15, 0.2) is 5.13 Å². The molecule has 2 aromatic rings. The maximum absolute atomic E-state index is 13.2. The fourth-order valence-corrected chi connectivity index (χ4v) is 7.90. The summed E-state index contributed by atoms with van der Waals surface area (Å²) in [5, 5.41) is 15.6. The molecule has 1 heterocycles. The number of carbonyl (C=O) groups is 3. The molecule has 3 N–H and O–H groups in total. The molecule has 11 heteroatoms. The number of nitrogens with zero attached hydrogens (tertiary/aromatic N) is 1. The molecule has 2 fully saturated rings. The molecule has 2 saturated carbocycles. The highest BCUT2D eigenvalue weighted by Crippen LogP contribution is 2.62. The first-order valence-electron chi connectivity index (χ1n) is 12.9. The summed E-state index contributed by atoms with van der Waals surface area (Å²) < 4.78 is 38.8. The van der Waals surface area contributed by atoms with E-state index in [2.05, 4.69) is 10.3 Å². The number of benzene rings is 1. The molecule has 1 aromatic heterocycles. The fraction of sp³-hybridized carbons (Fsp3) is 0.556. The number of phenols is 1. The van der Waals surface area contributed by atoms with Gasteiger partial charge in [0.1, 0.15) is 11.5 Å². The lowest BCUT2D eigenvalue weighted by Crippen LogP contribution is -2.44. The van der Waals surface area contributed by atoms with Gasteiger partial charge >= 0.3 is 12.1 Å². The number of carbonyl (C=O) groups excluding carboxylic acids is 3. The lowest BCUT2D eigenvalue weighted by Gasteiger charge is -2.50. The minimum atomic E-state index is -5.07. The number of phenolic OH excluding ortho intramolecular Hbond substituents is 1. The molecule has 5 rings (SSSR count). The number of ketones is 1. The van der Waals surface area contributed by atoms with Gasteiger partial charge in [0, 0.05) is 29.3 Å². The van der Waals surface area contributed by atoms with Crippen LogP contribution in [0.1, 0.15) is 67.4 Å². The van der Waals surface area contributed by atoms with Crippen LogP contribution in [0.4, 0.5) is 24.0 Å². The topological polar surface area (TPSA) is 108 Å². The molecular weight excluding hydrogens is 519 g/mol. The number of Topliss-reactive ketones (excluding diaryl/α,β-unsaturated/α-hetero) is 1. The Labute approximate surface area is 222 Å². The lowest BCUT2D eigenvalue weighted by molar-refractivity contribution is -0.167. The van der Waals surface area contributed by atoms with Crippen molar-refractivity contribution in [2.45, 2.75) is 70.9 Å². The van der Waals surface area contributed by atoms with Gasteiger partial charge in [-0.2, -0.15) is 13.2 Å². The highest BCUT2D eigenvalue weighted by Gasteiger charge is 2.58. The Morgan fingerprint density at radius 2 is 2.00 bits per heavy atom. The molecular formula is C27H30F3N3O4S. The van der Waals surface area contributed by atoms with Crippen LogP contribution < -0.4 is 10.6 Å². The Balaban J connectivity index is 1.37. The fourth-order valence-electron chi connectivity index (χ4n) is 7.21. The number of rotatable bonds is 5. The Kier molecular flexibility index (Phi) is 6.77. The molecule has 5 unspecified atom stereocenters. The van der Waals surface area contributed by atoms with E-state index in [4.69, 9.17) is 0 Å². The van der Waals surface area contributed by atoms with Crippen LogP contribution in [0.5, 0.6) is 5.75 Å². The van der Waals surface area contributed by atoms with Gasteiger partial charge in [0.2, 0.25) is 5.91 Å². The van der Waals surface area contributed by atoms with E-state index in [0.717, 1.165) is 10.4 Å². The van der Waals surface area contributed by atoms with Crippen LogP contribution in [0, 0.1) is 30.1 Å². The third-order valence-electron chi connectivity index (χ3n) is 8.84. The van der Waals surface area contributed by atoms with Crippen LogP contribution >= 0.6 is 11.3 Å². The minimum Gasteiger partial charge on any atom is -0.506 e. The molecule has 0 spiro atoms. The molecule has 3 aliphatic rings. The van der Waals surface area contributed by atoms with Crippen molar-refractivity contribution < 1.29 is 32.7 Å². The van der Waals surface area contributed by atoms with Crippen LogP contribution in [0.25, 0.3) is 0 Å². The summed E-state index contributed by atoms with van der Waals surface area (Å²) in [6, 6.07) is 3.07. The normalized spacial score (nSPS) is 28.3. The second-order valence-corrected chi connectivity index (χ2v) is 12.3. The molecule has 38 heavy (non-hydrogen) atoms. The molecule has 1 aromatic carbocycles. The molecule has 0 bridgehead atoms. The van der Waals surface area contributed by atoms with E-state index in [1.807, 2.05) is 19.2 Å². The average Bonchev–Trinajstić information content (AvgIpc) is 3.37. The molecule has 5 atom stereocenters. The molecule has 0 aliphatic heterocycles. The second kappa shape index (κ2) is 9.66. The van der Waals surface area contributed by atoms with E-state index in [1.54, 1.807) is 12.3 Å². The van der Waals surface area contributed by atoms with Crippen molar-refractivity contribution in [1.29, 1.82) is 0 Å². The zero-order chi connectivity index (χ0) is 27.4. The molecule has 0 saturated heterocycles. The van der Waals surface area contributed by atoms with Gasteiger partial charge in [-0.25, -0.2) is 4.98 Å². The Morgan fingerprint density at radius 3 is 2.68 bits per heavy atom. The standard InChI is InChI=1S/C27H30F3N3O4S/c1-13-12-31-25(38-13)32-21(36)8-3-14-11-20(35)26(2)10-9-16-15-6-7-19(34)23(33-24(37)27(28,29)30)18(15)5-4-17(16)22(14)26/h6-7,12,14,16-17,22,34H,3-5,8-11H2,1-2H3,(H,33,37)(H,31,32,36). The summed E-state index contributed by atoms with van der Waals surface area (Å²) in [5.41, 5.74) is 0.695. The summed E-state index contributed by atoms with van der Waals surface area (Å²) >= 11 is 1.40. The van der Waals surface area contributed by atoms with Crippen molar-refractivity contribution in [3.63, 3.8) is 0 Å². The quantitative estimate of drug-likeness (QED) is 0.413. The number of nitrogens with one attached hydrogen (secondary N) is 2. The summed E-state index contributed by atoms with van der Waals surface area (Å²) in [7, 11) is 0. The summed E-state index contributed by atoms with van der Waals surface area (Å²) in [6.45, 7) is 3.94. The van der Waals surface area contributed by atoms with Gasteiger partial charge in [-0.15, -0.1) is 11.3 Å². The van der Waals surface area contributed by atoms with Crippen LogP contribution in [0.3, 0.4) is 0 Å². The third-order valence-corrected chi connectivity index (χ3v) is 9.67. The highest BCUT2D eigenvalue weighted by molar-refractivity contribution is 7.15. The first-order chi connectivity index (χ1) is 17.9. The second-order valence-electron chi connectivity index (χ2n) is 11.0. The predicted molar refractivity (Wildman–Crippen MR) is 136 cm³/mol. The lowest BCUT2D eigenvalue weighted by atomic mass is 9.54. The smallest absolute Gasteiger partial charge is 0.471 e. The van der Waals surface area contributed by atoms with Gasteiger partial charge in [-0.1, -0.05) is 13.0 Å². The SMILES string of the molecule is Cc1cnc(NC(=O)CCC2CC(=O)C3(C)CCC4c5ccc(O)c(NC(=O)C(F)(F)F)c5CCC4C23)s1. The molecule has 3 aliphatic carbocycles. The van der Waals surface area contributed by atoms with Crippen molar-refractivity contribution in [1.82, 2.24) is 4.98 Å². The van der Waals surface area contributed by atoms with Gasteiger partial charge in [0.25, 0.3) is 0 Å². The number of alkyl halides is 3. The van der Waals surface area contributed by atoms with Gasteiger partial charge in [0.05, 0.1) is 5.69 Å². The number of amides is 2. The van der Waals surface area contributed by atoms with Crippen molar-refractivity contribution in [3.05, 3.63) is 34.3 Å². The Bertz CT molecular complexity index is 1290. The van der Waals surface area contributed by atoms with E-state index in [-0.39, 0.29) is 47.5 Å². The van der Waals surface area contributed by atoms with Crippen molar-refractivity contribution in [3.8, 4) is 5.75 Å². The summed E-state index contributed by atoms with van der Waals surface area (Å²) in [4.78, 5) is 42.6. The largest absolute Gasteiger partial charge is 0.506 e. The summed E-state index contributed by atoms with van der Waals surface area (Å²) in [5.74, 6) is -2.22. The number of aryl methyl sites for hydroxylation is 1. The number of thiazole rings is 1. The number of anilines is 2. The number of hydrogen-bond donors (Lipinski definition) is 3. The maximum atomic E-state index is 13.2. The van der Waals surface area contributed by atoms with E-state index >= 15 is 0 Å². The minimum absolute atomic E-state index is 0.000478. The molecule has 2 amide bonds. The third kappa shape index (κ3) is 4.69. The van der Waals surface area contributed by atoms with Crippen LogP contribution in [0.15, 0.2) is 18.3 Å². The van der Waals surface area contributed by atoms with Crippen LogP contribution in [0.2, 0.25) is 0 Å². The number of fused-ring (bicyclic) bond motifs is 5. The van der Waals surface area contributed by atoms with E-state index in [1.165, 1.54) is 17.4 Å². The maximum Gasteiger partial charge on any atom is 0.471 e. The first-order valence-corrected chi connectivity index (χ1v) is 13.7. The zero-order valence-corrected chi connectivity index (χ0v) is 22.0. The predicted octanol–water partition coefficient (Wildman–Crippen LogP) is 5.73. The van der Waals surface area contributed by atoms with Crippen molar-refractivity contribution in [2.75, 3.05) is 10.6 Å². The van der Waals surface area contributed by atoms with Crippen LogP contribution in [-0.4, -0.2) is 33.9 Å². The van der Waals surface area contributed by atoms with E-state index in [0.29, 0.717) is 49.2 Å². The van der Waals surface area contributed by atoms with E-state index in [9.17, 15) is 32.7 Å². The van der Waals surface area contributed by atoms with Crippen molar-refractivity contribution >= 4 is 39.8 Å². The Morgan fingerprint density at radius 1 is 1.24 bits per heavy atom. The number of halogens is 3. The highest BCUT2D eigenvalue weighted by atomic mass is 32.1. The van der Waals surface area contributed by atoms with E-state index < -0.39 is 23.2 Å². The van der Waals surface area contributed by atoms with Crippen molar-refractivity contribution in [2.24, 2.45) is 23.2 Å². The number of aromatic hydroxyl groups is 1. The monoisotopic (exact) mass is 549 g/mol. The zero-order valence-electron chi connectivity index (χ0n) is 21.2. The van der Waals surface area contributed by atoms with Gasteiger partial charge in [-0.05, 0) is 79.9 Å².